The highest BCUT2D eigenvalue weighted by Crippen LogP contribution is 2.26. The standard InChI is InChI=1S/C14H21NO/c1-12(16-2)10-15-9-8-14(11-15)13-6-4-3-5-7-13/h3-7,12,14H,8-11H2,1-2H3/t12-,14?/m0/s1. The van der Waals surface area contributed by atoms with E-state index in [0.717, 1.165) is 6.54 Å². The van der Waals surface area contributed by atoms with E-state index in [9.17, 15) is 0 Å². The van der Waals surface area contributed by atoms with Crippen LogP contribution in [0.15, 0.2) is 30.3 Å². The summed E-state index contributed by atoms with van der Waals surface area (Å²) in [6.45, 7) is 5.57. The first kappa shape index (κ1) is 11.6. The summed E-state index contributed by atoms with van der Waals surface area (Å²) in [6.07, 6.45) is 1.62. The van der Waals surface area contributed by atoms with Gasteiger partial charge in [-0.3, -0.25) is 0 Å². The van der Waals surface area contributed by atoms with Crippen molar-refractivity contribution in [3.63, 3.8) is 0 Å². The normalized spacial score (nSPS) is 23.5. The predicted molar refractivity (Wildman–Crippen MR) is 66.7 cm³/mol. The molecule has 1 aromatic carbocycles. The van der Waals surface area contributed by atoms with Crippen LogP contribution in [-0.2, 0) is 4.74 Å². The maximum atomic E-state index is 5.31. The molecule has 0 amide bonds. The Bertz CT molecular complexity index is 312. The van der Waals surface area contributed by atoms with Crippen LogP contribution in [0.5, 0.6) is 0 Å². The minimum atomic E-state index is 0.342. The minimum Gasteiger partial charge on any atom is -0.380 e. The molecule has 0 aromatic heterocycles. The number of methoxy groups -OCH3 is 1. The lowest BCUT2D eigenvalue weighted by atomic mass is 9.99. The molecular formula is C14H21NO. The number of hydrogen-bond acceptors (Lipinski definition) is 2. The first-order valence-electron chi connectivity index (χ1n) is 6.09. The maximum absolute atomic E-state index is 5.31. The first-order valence-corrected chi connectivity index (χ1v) is 6.09. The fourth-order valence-corrected chi connectivity index (χ4v) is 2.43. The fraction of sp³-hybridized carbons (Fsp3) is 0.571. The Morgan fingerprint density at radius 2 is 2.12 bits per heavy atom. The Labute approximate surface area is 98.2 Å². The highest BCUT2D eigenvalue weighted by atomic mass is 16.5. The van der Waals surface area contributed by atoms with Crippen LogP contribution in [0, 0.1) is 0 Å². The summed E-state index contributed by atoms with van der Waals surface area (Å²) >= 11 is 0. The molecule has 88 valence electrons. The summed E-state index contributed by atoms with van der Waals surface area (Å²) in [5.41, 5.74) is 1.48. The van der Waals surface area contributed by atoms with E-state index in [4.69, 9.17) is 4.74 Å². The largest absolute Gasteiger partial charge is 0.380 e. The van der Waals surface area contributed by atoms with Crippen LogP contribution in [0.2, 0.25) is 0 Å². The van der Waals surface area contributed by atoms with E-state index in [-0.39, 0.29) is 0 Å². The van der Waals surface area contributed by atoms with Crippen LogP contribution in [-0.4, -0.2) is 37.7 Å². The average molecular weight is 219 g/mol. The Kier molecular flexibility index (Phi) is 3.97. The summed E-state index contributed by atoms with van der Waals surface area (Å²) in [6, 6.07) is 10.8. The average Bonchev–Trinajstić information content (AvgIpc) is 2.78. The molecule has 2 nitrogen and oxygen atoms in total. The lowest BCUT2D eigenvalue weighted by molar-refractivity contribution is 0.0848. The number of nitrogens with zero attached hydrogens (tertiary/aromatic N) is 1. The lowest BCUT2D eigenvalue weighted by Crippen LogP contribution is -2.29. The highest BCUT2D eigenvalue weighted by Gasteiger charge is 2.24. The van der Waals surface area contributed by atoms with Crippen molar-refractivity contribution in [3.05, 3.63) is 35.9 Å². The van der Waals surface area contributed by atoms with Gasteiger partial charge in [-0.25, -0.2) is 0 Å². The molecule has 0 radical (unpaired) electrons. The molecule has 2 heteroatoms. The topological polar surface area (TPSA) is 12.5 Å². The molecule has 0 bridgehead atoms. The van der Waals surface area contributed by atoms with Crippen molar-refractivity contribution in [2.45, 2.75) is 25.4 Å². The highest BCUT2D eigenvalue weighted by molar-refractivity contribution is 5.20. The van der Waals surface area contributed by atoms with Gasteiger partial charge in [0.05, 0.1) is 6.10 Å². The maximum Gasteiger partial charge on any atom is 0.0670 e. The van der Waals surface area contributed by atoms with Crippen molar-refractivity contribution in [3.8, 4) is 0 Å². The van der Waals surface area contributed by atoms with Gasteiger partial charge in [0.25, 0.3) is 0 Å². The second-order valence-corrected chi connectivity index (χ2v) is 4.70. The Balaban J connectivity index is 1.89. The summed E-state index contributed by atoms with van der Waals surface area (Å²) in [7, 11) is 1.79. The quantitative estimate of drug-likeness (QED) is 0.771. The van der Waals surface area contributed by atoms with E-state index in [0.29, 0.717) is 12.0 Å². The van der Waals surface area contributed by atoms with Gasteiger partial charge < -0.3 is 9.64 Å². The summed E-state index contributed by atoms with van der Waals surface area (Å²) in [4.78, 5) is 2.51. The van der Waals surface area contributed by atoms with Crippen LogP contribution in [0.1, 0.15) is 24.8 Å². The third-order valence-electron chi connectivity index (χ3n) is 3.46. The molecule has 1 aliphatic heterocycles. The van der Waals surface area contributed by atoms with E-state index < -0.39 is 0 Å². The zero-order valence-corrected chi connectivity index (χ0v) is 10.2. The van der Waals surface area contributed by atoms with E-state index >= 15 is 0 Å². The van der Waals surface area contributed by atoms with Gasteiger partial charge in [0, 0.05) is 20.2 Å². The molecule has 2 atom stereocenters. The molecule has 1 unspecified atom stereocenters. The number of rotatable bonds is 4. The van der Waals surface area contributed by atoms with Crippen LogP contribution < -0.4 is 0 Å². The van der Waals surface area contributed by atoms with Crippen LogP contribution in [0.25, 0.3) is 0 Å². The molecule has 0 spiro atoms. The van der Waals surface area contributed by atoms with Crippen LogP contribution in [0.4, 0.5) is 0 Å². The number of likely N-dealkylation sites (tertiary alicyclic amines) is 1. The van der Waals surface area contributed by atoms with Gasteiger partial charge in [-0.15, -0.1) is 0 Å². The molecular weight excluding hydrogens is 198 g/mol. The molecule has 0 aliphatic carbocycles. The van der Waals surface area contributed by atoms with Crippen LogP contribution in [0.3, 0.4) is 0 Å². The molecule has 1 heterocycles. The molecule has 1 aromatic rings. The van der Waals surface area contributed by atoms with Crippen molar-refractivity contribution in [1.82, 2.24) is 4.90 Å². The second-order valence-electron chi connectivity index (χ2n) is 4.70. The smallest absolute Gasteiger partial charge is 0.0670 e. The fourth-order valence-electron chi connectivity index (χ4n) is 2.43. The summed E-state index contributed by atoms with van der Waals surface area (Å²) in [5.74, 6) is 0.713. The molecule has 2 rings (SSSR count). The Morgan fingerprint density at radius 3 is 2.81 bits per heavy atom. The molecule has 0 saturated carbocycles. The van der Waals surface area contributed by atoms with Gasteiger partial charge in [0.15, 0.2) is 0 Å². The summed E-state index contributed by atoms with van der Waals surface area (Å²) in [5, 5.41) is 0. The molecule has 16 heavy (non-hydrogen) atoms. The van der Waals surface area contributed by atoms with Crippen molar-refractivity contribution < 1.29 is 4.74 Å². The first-order chi connectivity index (χ1) is 7.79. The Morgan fingerprint density at radius 1 is 1.38 bits per heavy atom. The van der Waals surface area contributed by atoms with Gasteiger partial charge in [0.1, 0.15) is 0 Å². The number of hydrogen-bond donors (Lipinski definition) is 0. The van der Waals surface area contributed by atoms with E-state index in [2.05, 4.69) is 42.2 Å². The van der Waals surface area contributed by atoms with Crippen molar-refractivity contribution >= 4 is 0 Å². The lowest BCUT2D eigenvalue weighted by Gasteiger charge is -2.19. The van der Waals surface area contributed by atoms with E-state index in [1.807, 2.05) is 0 Å². The van der Waals surface area contributed by atoms with Crippen molar-refractivity contribution in [2.75, 3.05) is 26.7 Å². The minimum absolute atomic E-state index is 0.342. The molecule has 1 aliphatic rings. The van der Waals surface area contributed by atoms with Crippen molar-refractivity contribution in [2.24, 2.45) is 0 Å². The molecule has 1 fully saturated rings. The zero-order chi connectivity index (χ0) is 11.4. The third-order valence-corrected chi connectivity index (χ3v) is 3.46. The van der Waals surface area contributed by atoms with Crippen molar-refractivity contribution in [1.29, 1.82) is 0 Å². The van der Waals surface area contributed by atoms with Gasteiger partial charge in [-0.1, -0.05) is 30.3 Å². The van der Waals surface area contributed by atoms with E-state index in [1.165, 1.54) is 25.1 Å². The van der Waals surface area contributed by atoms with Gasteiger partial charge in [-0.2, -0.15) is 0 Å². The zero-order valence-electron chi connectivity index (χ0n) is 10.2. The van der Waals surface area contributed by atoms with Crippen LogP contribution >= 0.6 is 0 Å². The van der Waals surface area contributed by atoms with E-state index in [1.54, 1.807) is 7.11 Å². The monoisotopic (exact) mass is 219 g/mol. The summed E-state index contributed by atoms with van der Waals surface area (Å²) < 4.78 is 5.31. The molecule has 0 N–H and O–H groups in total. The third kappa shape index (κ3) is 2.83. The Hall–Kier alpha value is -0.860. The SMILES string of the molecule is CO[C@@H](C)CN1CCC(c2ccccc2)C1. The van der Waals surface area contributed by atoms with Gasteiger partial charge in [-0.05, 0) is 31.4 Å². The van der Waals surface area contributed by atoms with Gasteiger partial charge in [0.2, 0.25) is 0 Å². The predicted octanol–water partition coefficient (Wildman–Crippen LogP) is 2.51. The number of benzene rings is 1. The number of ether oxygens (including phenoxy) is 1. The second kappa shape index (κ2) is 5.46. The molecule has 1 saturated heterocycles. The van der Waals surface area contributed by atoms with Gasteiger partial charge >= 0.3 is 0 Å².